The van der Waals surface area contributed by atoms with E-state index in [1.165, 1.54) is 36.5 Å². The lowest BCUT2D eigenvalue weighted by molar-refractivity contribution is -0.154. The third kappa shape index (κ3) is 9.53. The number of carbonyl (C=O) groups is 4. The van der Waals surface area contributed by atoms with Crippen LogP contribution in [0.1, 0.15) is 28.8 Å². The van der Waals surface area contributed by atoms with Crippen molar-refractivity contribution in [2.75, 3.05) is 29.1 Å². The number of alkyl halides is 3. The fourth-order valence-corrected chi connectivity index (χ4v) is 4.45. The van der Waals surface area contributed by atoms with Crippen molar-refractivity contribution < 1.29 is 42.2 Å². The van der Waals surface area contributed by atoms with E-state index in [1.54, 1.807) is 12.1 Å². The summed E-state index contributed by atoms with van der Waals surface area (Å²) in [6, 6.07) is 11.7. The minimum absolute atomic E-state index is 0.0187. The molecule has 0 saturated heterocycles. The number of H-pyrrole nitrogens is 1. The normalized spacial score (nSPS) is 13.8. The number of carbonyl (C=O) groups excluding carboxylic acids is 3. The highest BCUT2D eigenvalue weighted by molar-refractivity contribution is 6.39. The zero-order valence-electron chi connectivity index (χ0n) is 25.0. The first-order valence-electron chi connectivity index (χ1n) is 14.3. The molecule has 7 N–H and O–H groups in total. The zero-order valence-corrected chi connectivity index (χ0v) is 25.7. The maximum Gasteiger partial charge on any atom is 0.422 e. The van der Waals surface area contributed by atoms with Gasteiger partial charge in [0.15, 0.2) is 12.4 Å². The molecule has 49 heavy (non-hydrogen) atoms. The molecule has 0 bridgehead atoms. The number of aromatic amines is 1. The van der Waals surface area contributed by atoms with Crippen LogP contribution in [0.5, 0.6) is 6.01 Å². The van der Waals surface area contributed by atoms with Crippen LogP contribution in [0.3, 0.4) is 0 Å². The largest absolute Gasteiger partial charge is 0.480 e. The summed E-state index contributed by atoms with van der Waals surface area (Å²) >= 11 is 6.00. The molecular weight excluding hydrogens is 677 g/mol. The molecule has 256 valence electrons. The highest BCUT2D eigenvalue weighted by Gasteiger charge is 2.45. The van der Waals surface area contributed by atoms with Crippen molar-refractivity contribution in [1.82, 2.24) is 35.8 Å². The summed E-state index contributed by atoms with van der Waals surface area (Å²) in [4.78, 5) is 60.7. The van der Waals surface area contributed by atoms with Crippen LogP contribution in [0, 0.1) is 0 Å². The molecule has 0 spiro atoms. The molecule has 3 amide bonds. The van der Waals surface area contributed by atoms with Gasteiger partial charge >= 0.3 is 30.0 Å². The van der Waals surface area contributed by atoms with Gasteiger partial charge in [0.1, 0.15) is 6.04 Å². The number of anilines is 4. The summed E-state index contributed by atoms with van der Waals surface area (Å²) < 4.78 is 43.4. The number of rotatable bonds is 13. The lowest BCUT2D eigenvalue weighted by atomic mass is 10.1. The fourth-order valence-electron chi connectivity index (χ4n) is 4.33. The average molecular weight is 703 g/mol. The van der Waals surface area contributed by atoms with Gasteiger partial charge < -0.3 is 36.4 Å². The molecule has 2 heterocycles. The van der Waals surface area contributed by atoms with Crippen LogP contribution >= 0.6 is 11.6 Å². The molecule has 20 heteroatoms. The Morgan fingerprint density at radius 3 is 2.27 bits per heavy atom. The first kappa shape index (κ1) is 34.4. The first-order chi connectivity index (χ1) is 23.3. The summed E-state index contributed by atoms with van der Waals surface area (Å²) in [5.41, 5.74) is 0.633. The molecule has 5 rings (SSSR count). The first-order valence-corrected chi connectivity index (χ1v) is 14.7. The van der Waals surface area contributed by atoms with Crippen molar-refractivity contribution in [3.05, 3.63) is 76.9 Å². The zero-order chi connectivity index (χ0) is 35.2. The number of halogens is 4. The Morgan fingerprint density at radius 2 is 1.65 bits per heavy atom. The van der Waals surface area contributed by atoms with Crippen LogP contribution in [-0.2, 0) is 19.9 Å². The van der Waals surface area contributed by atoms with E-state index in [0.29, 0.717) is 23.6 Å². The van der Waals surface area contributed by atoms with Gasteiger partial charge in [-0.05, 0) is 54.8 Å². The number of amides is 3. The Bertz CT molecular complexity index is 1820. The van der Waals surface area contributed by atoms with Gasteiger partial charge in [-0.1, -0.05) is 23.7 Å². The minimum atomic E-state index is -4.65. The lowest BCUT2D eigenvalue weighted by Crippen LogP contribution is -2.50. The Kier molecular flexibility index (Phi) is 10.1. The van der Waals surface area contributed by atoms with Gasteiger partial charge in [-0.3, -0.25) is 19.5 Å². The van der Waals surface area contributed by atoms with Crippen molar-refractivity contribution in [1.29, 1.82) is 0 Å². The van der Waals surface area contributed by atoms with E-state index >= 15 is 0 Å². The van der Waals surface area contributed by atoms with E-state index < -0.39 is 60.6 Å². The van der Waals surface area contributed by atoms with E-state index in [1.807, 2.05) is 12.1 Å². The SMILES string of the molecule is O=C(NC[C@H](NC(=O)c1ccc(Nc2nc(NC3(c4ccc(Cl)cc4)CC3)nc(OCC(F)(F)F)n2)cc1)C(=O)O)C(=O)Nc1cc[nH]n1. The molecule has 1 aliphatic rings. The smallest absolute Gasteiger partial charge is 0.422 e. The van der Waals surface area contributed by atoms with Crippen LogP contribution in [-0.4, -0.2) is 79.3 Å². The van der Waals surface area contributed by atoms with E-state index in [9.17, 15) is 37.5 Å². The number of carboxylic acid groups (broad SMARTS) is 1. The number of aromatic nitrogens is 5. The second-order valence-corrected chi connectivity index (χ2v) is 11.0. The van der Waals surface area contributed by atoms with Gasteiger partial charge in [-0.2, -0.15) is 33.2 Å². The molecule has 1 fully saturated rings. The highest BCUT2D eigenvalue weighted by atomic mass is 35.5. The summed E-state index contributed by atoms with van der Waals surface area (Å²) in [6.07, 6.45) is -1.84. The predicted molar refractivity (Wildman–Crippen MR) is 166 cm³/mol. The maximum atomic E-state index is 12.9. The quantitative estimate of drug-likeness (QED) is 0.0999. The second kappa shape index (κ2) is 14.4. The number of ether oxygens (including phenoxy) is 1. The number of benzene rings is 2. The summed E-state index contributed by atoms with van der Waals surface area (Å²) in [7, 11) is 0. The Balaban J connectivity index is 1.23. The van der Waals surface area contributed by atoms with Gasteiger partial charge in [0, 0.05) is 35.1 Å². The van der Waals surface area contributed by atoms with Gasteiger partial charge in [0.2, 0.25) is 11.9 Å². The Hall–Kier alpha value is -5.98. The van der Waals surface area contributed by atoms with Gasteiger partial charge in [-0.25, -0.2) is 4.79 Å². The molecule has 1 atom stereocenters. The van der Waals surface area contributed by atoms with Crippen molar-refractivity contribution in [2.45, 2.75) is 30.6 Å². The highest BCUT2D eigenvalue weighted by Crippen LogP contribution is 2.48. The molecule has 2 aromatic carbocycles. The van der Waals surface area contributed by atoms with Crippen LogP contribution < -0.4 is 31.3 Å². The fraction of sp³-hybridized carbons (Fsp3) is 0.241. The number of nitrogens with one attached hydrogen (secondary N) is 6. The average Bonchev–Trinajstić information content (AvgIpc) is 3.64. The topological polar surface area (TPSA) is 225 Å². The minimum Gasteiger partial charge on any atom is -0.480 e. The number of nitrogens with zero attached hydrogens (tertiary/aromatic N) is 4. The van der Waals surface area contributed by atoms with E-state index in [0.717, 1.165) is 5.56 Å². The molecule has 0 unspecified atom stereocenters. The van der Waals surface area contributed by atoms with E-state index in [2.05, 4.69) is 51.7 Å². The van der Waals surface area contributed by atoms with Crippen molar-refractivity contribution in [3.8, 4) is 6.01 Å². The van der Waals surface area contributed by atoms with Crippen LogP contribution in [0.15, 0.2) is 60.8 Å². The molecule has 0 radical (unpaired) electrons. The van der Waals surface area contributed by atoms with Gasteiger partial charge in [0.05, 0.1) is 5.54 Å². The number of carboxylic acids is 1. The van der Waals surface area contributed by atoms with Gasteiger partial charge in [0.25, 0.3) is 5.91 Å². The Morgan fingerprint density at radius 1 is 0.959 bits per heavy atom. The predicted octanol–water partition coefficient (Wildman–Crippen LogP) is 2.97. The van der Waals surface area contributed by atoms with Crippen LogP contribution in [0.4, 0.5) is 36.6 Å². The van der Waals surface area contributed by atoms with Crippen LogP contribution in [0.25, 0.3) is 0 Å². The maximum absolute atomic E-state index is 12.9. The third-order valence-corrected chi connectivity index (χ3v) is 7.15. The summed E-state index contributed by atoms with van der Waals surface area (Å²) in [6.45, 7) is -2.25. The number of hydrogen-bond donors (Lipinski definition) is 7. The molecule has 2 aromatic heterocycles. The van der Waals surface area contributed by atoms with Crippen molar-refractivity contribution in [3.63, 3.8) is 0 Å². The molecule has 4 aromatic rings. The molecule has 16 nitrogen and oxygen atoms in total. The monoisotopic (exact) mass is 702 g/mol. The third-order valence-electron chi connectivity index (χ3n) is 6.90. The molecule has 1 saturated carbocycles. The Labute approximate surface area is 279 Å². The standard InChI is InChI=1S/C29H26ClF3N10O6/c30-17-5-3-16(4-6-17)28(10-11-28)42-26-39-25(40-27(41-26)49-14-29(31,32)33)36-18-7-1-15(2-8-18)21(44)37-19(24(47)48)13-34-22(45)23(46)38-20-9-12-35-43-20/h1-9,12,19H,10-11,13-14H2,(H,34,45)(H,37,44)(H,47,48)(H2,35,38,43,46)(H2,36,39,40,41,42)/t19-/m0/s1. The second-order valence-electron chi connectivity index (χ2n) is 10.6. The van der Waals surface area contributed by atoms with Gasteiger partial charge in [-0.15, -0.1) is 0 Å². The van der Waals surface area contributed by atoms with Crippen molar-refractivity contribution >= 4 is 58.7 Å². The molecular formula is C29H26ClF3N10O6. The molecule has 1 aliphatic carbocycles. The van der Waals surface area contributed by atoms with Crippen LogP contribution in [0.2, 0.25) is 5.02 Å². The number of aliphatic carboxylic acids is 1. The van der Waals surface area contributed by atoms with E-state index in [-0.39, 0.29) is 23.3 Å². The summed E-state index contributed by atoms with van der Waals surface area (Å²) in [5.74, 6) is -4.70. The summed E-state index contributed by atoms with van der Waals surface area (Å²) in [5, 5.41) is 28.7. The molecule has 0 aliphatic heterocycles. The number of hydrogen-bond acceptors (Lipinski definition) is 11. The lowest BCUT2D eigenvalue weighted by Gasteiger charge is -2.19. The van der Waals surface area contributed by atoms with Crippen molar-refractivity contribution in [2.24, 2.45) is 0 Å². The van der Waals surface area contributed by atoms with E-state index in [4.69, 9.17) is 16.3 Å².